The van der Waals surface area contributed by atoms with E-state index < -0.39 is 16.2 Å². The van der Waals surface area contributed by atoms with Gasteiger partial charge in [0, 0.05) is 6.54 Å². The number of benzene rings is 3. The van der Waals surface area contributed by atoms with Crippen molar-refractivity contribution in [1.82, 2.24) is 5.32 Å². The summed E-state index contributed by atoms with van der Waals surface area (Å²) in [6, 6.07) is 25.1. The van der Waals surface area contributed by atoms with Crippen LogP contribution in [0.3, 0.4) is 0 Å². The first-order valence-corrected chi connectivity index (χ1v) is 10.8. The Bertz CT molecular complexity index is 1020. The summed E-state index contributed by atoms with van der Waals surface area (Å²) in [4.78, 5) is 11.8. The van der Waals surface area contributed by atoms with Gasteiger partial charge in [0.15, 0.2) is 0 Å². The molecule has 1 atom stereocenters. The molecule has 0 aliphatic rings. The van der Waals surface area contributed by atoms with Crippen LogP contribution >= 0.6 is 0 Å². The molecule has 3 aromatic rings. The fourth-order valence-electron chi connectivity index (χ4n) is 2.59. The summed E-state index contributed by atoms with van der Waals surface area (Å²) in [7, 11) is -4.02. The SMILES string of the molecule is Cc1ccc(S(=O)(=O)O)cc1.N[C@@H](Cc1ccccc1)C(=O)NCc1ccccc1. The smallest absolute Gasteiger partial charge is 0.294 e. The Morgan fingerprint density at radius 1 is 0.900 bits per heavy atom. The van der Waals surface area contributed by atoms with Crippen LogP contribution in [0.2, 0.25) is 0 Å². The molecule has 6 nitrogen and oxygen atoms in total. The summed E-state index contributed by atoms with van der Waals surface area (Å²) in [5, 5.41) is 2.86. The van der Waals surface area contributed by atoms with Crippen LogP contribution in [0.5, 0.6) is 0 Å². The molecular weight excluding hydrogens is 400 g/mol. The third-order valence-electron chi connectivity index (χ3n) is 4.26. The Labute approximate surface area is 177 Å². The number of aryl methyl sites for hydroxylation is 1. The molecule has 1 amide bonds. The van der Waals surface area contributed by atoms with Crippen molar-refractivity contribution >= 4 is 16.0 Å². The molecule has 0 unspecified atom stereocenters. The van der Waals surface area contributed by atoms with Crippen LogP contribution in [-0.4, -0.2) is 24.9 Å². The molecule has 3 aromatic carbocycles. The molecule has 0 aliphatic carbocycles. The Morgan fingerprint density at radius 3 is 1.90 bits per heavy atom. The Kier molecular flexibility index (Phi) is 8.73. The second-order valence-corrected chi connectivity index (χ2v) is 8.21. The molecular formula is C23H26N2O4S. The van der Waals surface area contributed by atoms with Gasteiger partial charge < -0.3 is 11.1 Å². The maximum absolute atomic E-state index is 11.9. The number of rotatable bonds is 6. The highest BCUT2D eigenvalue weighted by Crippen LogP contribution is 2.08. The summed E-state index contributed by atoms with van der Waals surface area (Å²) in [6.45, 7) is 2.36. The zero-order valence-corrected chi connectivity index (χ0v) is 17.5. The van der Waals surface area contributed by atoms with Gasteiger partial charge in [-0.2, -0.15) is 8.42 Å². The molecule has 0 aliphatic heterocycles. The van der Waals surface area contributed by atoms with Gasteiger partial charge in [-0.15, -0.1) is 0 Å². The molecule has 30 heavy (non-hydrogen) atoms. The van der Waals surface area contributed by atoms with Crippen LogP contribution in [0, 0.1) is 6.92 Å². The van der Waals surface area contributed by atoms with Crippen LogP contribution in [0.15, 0.2) is 89.8 Å². The second kappa shape index (κ2) is 11.3. The lowest BCUT2D eigenvalue weighted by Crippen LogP contribution is -2.41. The number of hydrogen-bond donors (Lipinski definition) is 3. The van der Waals surface area contributed by atoms with E-state index in [2.05, 4.69) is 5.32 Å². The van der Waals surface area contributed by atoms with Gasteiger partial charge in [0.2, 0.25) is 5.91 Å². The largest absolute Gasteiger partial charge is 0.351 e. The topological polar surface area (TPSA) is 109 Å². The van der Waals surface area contributed by atoms with E-state index in [4.69, 9.17) is 10.3 Å². The van der Waals surface area contributed by atoms with Crippen molar-refractivity contribution < 1.29 is 17.8 Å². The minimum atomic E-state index is -4.02. The van der Waals surface area contributed by atoms with Gasteiger partial charge in [-0.25, -0.2) is 0 Å². The van der Waals surface area contributed by atoms with Gasteiger partial charge in [0.05, 0.1) is 10.9 Å². The second-order valence-electron chi connectivity index (χ2n) is 6.79. The van der Waals surface area contributed by atoms with Gasteiger partial charge in [-0.05, 0) is 36.6 Å². The van der Waals surface area contributed by atoms with Crippen molar-refractivity contribution in [2.75, 3.05) is 0 Å². The van der Waals surface area contributed by atoms with Crippen LogP contribution in [0.4, 0.5) is 0 Å². The molecule has 158 valence electrons. The van der Waals surface area contributed by atoms with E-state index in [0.29, 0.717) is 13.0 Å². The highest BCUT2D eigenvalue weighted by atomic mass is 32.2. The van der Waals surface area contributed by atoms with E-state index in [1.54, 1.807) is 12.1 Å². The van der Waals surface area contributed by atoms with Crippen molar-refractivity contribution in [3.63, 3.8) is 0 Å². The Hall–Kier alpha value is -3.00. The molecule has 7 heteroatoms. The van der Waals surface area contributed by atoms with Gasteiger partial charge >= 0.3 is 0 Å². The Morgan fingerprint density at radius 2 is 1.40 bits per heavy atom. The third-order valence-corrected chi connectivity index (χ3v) is 5.13. The first-order valence-electron chi connectivity index (χ1n) is 9.41. The van der Waals surface area contributed by atoms with E-state index in [9.17, 15) is 13.2 Å². The highest BCUT2D eigenvalue weighted by Gasteiger charge is 2.13. The fraction of sp³-hybridized carbons (Fsp3) is 0.174. The maximum Gasteiger partial charge on any atom is 0.294 e. The molecule has 4 N–H and O–H groups in total. The number of nitrogens with two attached hydrogens (primary N) is 1. The molecule has 0 heterocycles. The van der Waals surface area contributed by atoms with Gasteiger partial charge in [0.1, 0.15) is 0 Å². The average Bonchev–Trinajstić information content (AvgIpc) is 2.73. The lowest BCUT2D eigenvalue weighted by molar-refractivity contribution is -0.122. The first kappa shape index (κ1) is 23.3. The molecule has 3 rings (SSSR count). The van der Waals surface area contributed by atoms with Crippen molar-refractivity contribution in [1.29, 1.82) is 0 Å². The third kappa shape index (κ3) is 8.16. The van der Waals surface area contributed by atoms with Crippen LogP contribution in [0.25, 0.3) is 0 Å². The normalized spacial score (nSPS) is 11.7. The lowest BCUT2D eigenvalue weighted by atomic mass is 10.1. The molecule has 0 radical (unpaired) electrons. The fourth-order valence-corrected chi connectivity index (χ4v) is 3.07. The average molecular weight is 427 g/mol. The van der Waals surface area contributed by atoms with Crippen LogP contribution in [0.1, 0.15) is 16.7 Å². The highest BCUT2D eigenvalue weighted by molar-refractivity contribution is 7.85. The molecule has 0 spiro atoms. The lowest BCUT2D eigenvalue weighted by Gasteiger charge is -2.12. The van der Waals surface area contributed by atoms with Crippen LogP contribution in [-0.2, 0) is 27.9 Å². The zero-order chi connectivity index (χ0) is 22.0. The summed E-state index contributed by atoms with van der Waals surface area (Å²) in [6.07, 6.45) is 0.557. The predicted octanol–water partition coefficient (Wildman–Crippen LogP) is 3.11. The van der Waals surface area contributed by atoms with E-state index in [1.807, 2.05) is 67.6 Å². The van der Waals surface area contributed by atoms with Crippen molar-refractivity contribution in [2.24, 2.45) is 5.73 Å². The molecule has 0 saturated carbocycles. The predicted molar refractivity (Wildman–Crippen MR) is 117 cm³/mol. The van der Waals surface area contributed by atoms with Crippen molar-refractivity contribution in [3.05, 3.63) is 102 Å². The number of carbonyl (C=O) groups excluding carboxylic acids is 1. The zero-order valence-electron chi connectivity index (χ0n) is 16.7. The maximum atomic E-state index is 11.9. The van der Waals surface area contributed by atoms with E-state index in [1.165, 1.54) is 12.1 Å². The molecule has 0 saturated heterocycles. The summed E-state index contributed by atoms with van der Waals surface area (Å²) >= 11 is 0. The van der Waals surface area contributed by atoms with Gasteiger partial charge in [-0.3, -0.25) is 9.35 Å². The number of hydrogen-bond acceptors (Lipinski definition) is 4. The molecule has 0 bridgehead atoms. The number of amides is 1. The standard InChI is InChI=1S/C16H18N2O.C7H8O3S/c17-15(11-13-7-3-1-4-8-13)16(19)18-12-14-9-5-2-6-10-14;1-6-2-4-7(5-3-6)11(8,9)10/h1-10,15H,11-12,17H2,(H,18,19);2-5H,1H3,(H,8,9,10)/t15-;/m0./s1. The van der Waals surface area contributed by atoms with E-state index >= 15 is 0 Å². The summed E-state index contributed by atoms with van der Waals surface area (Å²) < 4.78 is 29.6. The van der Waals surface area contributed by atoms with Crippen molar-refractivity contribution in [3.8, 4) is 0 Å². The van der Waals surface area contributed by atoms with Gasteiger partial charge in [0.25, 0.3) is 10.1 Å². The monoisotopic (exact) mass is 426 g/mol. The quantitative estimate of drug-likeness (QED) is 0.525. The summed E-state index contributed by atoms with van der Waals surface area (Å²) in [5.74, 6) is -0.118. The minimum Gasteiger partial charge on any atom is -0.351 e. The number of carbonyl (C=O) groups is 1. The first-order chi connectivity index (χ1) is 14.3. The van der Waals surface area contributed by atoms with Gasteiger partial charge in [-0.1, -0.05) is 78.4 Å². The van der Waals surface area contributed by atoms with Crippen LogP contribution < -0.4 is 11.1 Å². The number of nitrogens with one attached hydrogen (secondary N) is 1. The van der Waals surface area contributed by atoms with E-state index in [-0.39, 0.29) is 10.8 Å². The van der Waals surface area contributed by atoms with E-state index in [0.717, 1.165) is 16.7 Å². The Balaban J connectivity index is 0.000000248. The summed E-state index contributed by atoms with van der Waals surface area (Å²) in [5.41, 5.74) is 9.00. The molecule has 0 fully saturated rings. The molecule has 0 aromatic heterocycles. The minimum absolute atomic E-state index is 0.0666. The van der Waals surface area contributed by atoms with Crippen molar-refractivity contribution in [2.45, 2.75) is 30.8 Å².